The number of hydrogen-bond acceptors (Lipinski definition) is 2. The van der Waals surface area contributed by atoms with Crippen molar-refractivity contribution >= 4 is 27.5 Å². The highest BCUT2D eigenvalue weighted by Crippen LogP contribution is 2.38. The van der Waals surface area contributed by atoms with Crippen LogP contribution in [0.25, 0.3) is 0 Å². The lowest BCUT2D eigenvalue weighted by atomic mass is 10.1. The van der Waals surface area contributed by atoms with Crippen molar-refractivity contribution < 1.29 is 4.74 Å². The van der Waals surface area contributed by atoms with Gasteiger partial charge in [-0.2, -0.15) is 0 Å². The summed E-state index contributed by atoms with van der Waals surface area (Å²) in [7, 11) is 1.92. The van der Waals surface area contributed by atoms with Gasteiger partial charge in [0.15, 0.2) is 0 Å². The average molecular weight is 263 g/mol. The van der Waals surface area contributed by atoms with E-state index in [1.54, 1.807) is 0 Å². The minimum absolute atomic E-state index is 0.264. The van der Waals surface area contributed by atoms with Crippen LogP contribution in [0.4, 0.5) is 0 Å². The molecule has 13 heavy (non-hydrogen) atoms. The predicted octanol–water partition coefficient (Wildman–Crippen LogP) is 2.76. The number of rotatable bonds is 1. The van der Waals surface area contributed by atoms with Crippen molar-refractivity contribution in [1.29, 1.82) is 0 Å². The van der Waals surface area contributed by atoms with Crippen molar-refractivity contribution in [2.24, 2.45) is 0 Å². The largest absolute Gasteiger partial charge is 0.491 e. The topological polar surface area (TPSA) is 21.3 Å². The summed E-state index contributed by atoms with van der Waals surface area (Å²) in [6.45, 7) is 0.679. The number of benzene rings is 1. The van der Waals surface area contributed by atoms with Crippen molar-refractivity contribution in [1.82, 2.24) is 5.32 Å². The van der Waals surface area contributed by atoms with E-state index in [1.807, 2.05) is 19.2 Å². The Labute approximate surface area is 90.4 Å². The van der Waals surface area contributed by atoms with Crippen LogP contribution >= 0.6 is 27.5 Å². The summed E-state index contributed by atoms with van der Waals surface area (Å²) in [5.74, 6) is 0.913. The fourth-order valence-electron chi connectivity index (χ4n) is 1.44. The molecule has 1 aromatic rings. The van der Waals surface area contributed by atoms with Crippen LogP contribution in [0.15, 0.2) is 16.6 Å². The quantitative estimate of drug-likeness (QED) is 0.840. The van der Waals surface area contributed by atoms with Crippen molar-refractivity contribution in [3.63, 3.8) is 0 Å². The molecule has 70 valence electrons. The molecule has 1 aromatic carbocycles. The summed E-state index contributed by atoms with van der Waals surface area (Å²) in [5, 5.41) is 3.89. The molecule has 2 nitrogen and oxygen atoms in total. The van der Waals surface area contributed by atoms with E-state index < -0.39 is 0 Å². The maximum absolute atomic E-state index is 5.98. The number of likely N-dealkylation sites (N-methyl/N-ethyl adjacent to an activating group) is 1. The molecule has 1 heterocycles. The number of hydrogen-bond donors (Lipinski definition) is 1. The van der Waals surface area contributed by atoms with Crippen LogP contribution in [0.5, 0.6) is 5.75 Å². The van der Waals surface area contributed by atoms with Crippen LogP contribution in [0, 0.1) is 0 Å². The Morgan fingerprint density at radius 3 is 3.08 bits per heavy atom. The van der Waals surface area contributed by atoms with E-state index in [-0.39, 0.29) is 6.04 Å². The minimum Gasteiger partial charge on any atom is -0.491 e. The van der Waals surface area contributed by atoms with Gasteiger partial charge in [0.05, 0.1) is 11.1 Å². The third-order valence-electron chi connectivity index (χ3n) is 2.18. The van der Waals surface area contributed by atoms with E-state index >= 15 is 0 Å². The van der Waals surface area contributed by atoms with Crippen molar-refractivity contribution in [3.8, 4) is 5.75 Å². The van der Waals surface area contributed by atoms with E-state index in [2.05, 4.69) is 21.2 Å². The van der Waals surface area contributed by atoms with E-state index in [0.29, 0.717) is 6.61 Å². The Kier molecular flexibility index (Phi) is 2.49. The number of fused-ring (bicyclic) bond motifs is 1. The second-order valence-corrected chi connectivity index (χ2v) is 4.22. The first-order chi connectivity index (χ1) is 6.22. The predicted molar refractivity (Wildman–Crippen MR) is 56.4 cm³/mol. The summed E-state index contributed by atoms with van der Waals surface area (Å²) in [6.07, 6.45) is 0. The Morgan fingerprint density at radius 2 is 2.38 bits per heavy atom. The summed E-state index contributed by atoms with van der Waals surface area (Å²) >= 11 is 9.34. The van der Waals surface area contributed by atoms with Gasteiger partial charge >= 0.3 is 0 Å². The van der Waals surface area contributed by atoms with Crippen molar-refractivity contribution in [2.45, 2.75) is 6.04 Å². The molecule has 0 fully saturated rings. The van der Waals surface area contributed by atoms with Crippen molar-refractivity contribution in [3.05, 3.63) is 27.2 Å². The molecule has 0 radical (unpaired) electrons. The van der Waals surface area contributed by atoms with Crippen LogP contribution < -0.4 is 10.1 Å². The summed E-state index contributed by atoms with van der Waals surface area (Å²) in [6, 6.07) is 4.12. The fraction of sp³-hybridized carbons (Fsp3) is 0.333. The molecule has 1 unspecified atom stereocenters. The van der Waals surface area contributed by atoms with Crippen molar-refractivity contribution in [2.75, 3.05) is 13.7 Å². The zero-order valence-electron chi connectivity index (χ0n) is 7.10. The van der Waals surface area contributed by atoms with Crippen LogP contribution in [0.1, 0.15) is 11.6 Å². The highest BCUT2D eigenvalue weighted by atomic mass is 79.9. The first-order valence-electron chi connectivity index (χ1n) is 4.01. The second-order valence-electron chi connectivity index (χ2n) is 2.96. The Morgan fingerprint density at radius 1 is 1.62 bits per heavy atom. The van der Waals surface area contributed by atoms with Gasteiger partial charge in [0.1, 0.15) is 12.4 Å². The molecule has 0 spiro atoms. The van der Waals surface area contributed by atoms with Gasteiger partial charge in [-0.15, -0.1) is 0 Å². The first kappa shape index (κ1) is 9.31. The van der Waals surface area contributed by atoms with E-state index in [9.17, 15) is 0 Å². The maximum Gasteiger partial charge on any atom is 0.125 e. The SMILES string of the molecule is CNC1COc2cc(Br)c(Cl)cc21. The van der Waals surface area contributed by atoms with Gasteiger partial charge in [-0.3, -0.25) is 0 Å². The standard InChI is InChI=1S/C9H9BrClNO/c1-12-8-4-13-9-3-6(10)7(11)2-5(8)9/h2-3,8,12H,4H2,1H3. The number of halogens is 2. The number of ether oxygens (including phenoxy) is 1. The normalized spacial score (nSPS) is 19.8. The lowest BCUT2D eigenvalue weighted by molar-refractivity contribution is 0.318. The average Bonchev–Trinajstić information content (AvgIpc) is 2.48. The molecular weight excluding hydrogens is 253 g/mol. The molecule has 1 N–H and O–H groups in total. The van der Waals surface area contributed by atoms with Crippen LogP contribution in [0.2, 0.25) is 5.02 Å². The van der Waals surface area contributed by atoms with Gasteiger partial charge in [-0.05, 0) is 35.1 Å². The highest BCUT2D eigenvalue weighted by Gasteiger charge is 2.23. The van der Waals surface area contributed by atoms with Crippen LogP contribution in [-0.2, 0) is 0 Å². The van der Waals surface area contributed by atoms with Gasteiger partial charge < -0.3 is 10.1 Å². The Hall–Kier alpha value is -0.250. The van der Waals surface area contributed by atoms with E-state index in [0.717, 1.165) is 20.8 Å². The molecule has 0 amide bonds. The van der Waals surface area contributed by atoms with Gasteiger partial charge in [0.25, 0.3) is 0 Å². The van der Waals surface area contributed by atoms with Crippen LogP contribution in [0.3, 0.4) is 0 Å². The molecule has 0 aliphatic carbocycles. The molecule has 0 aromatic heterocycles. The van der Waals surface area contributed by atoms with E-state index in [4.69, 9.17) is 16.3 Å². The maximum atomic E-state index is 5.98. The molecule has 0 saturated carbocycles. The monoisotopic (exact) mass is 261 g/mol. The fourth-order valence-corrected chi connectivity index (χ4v) is 1.94. The van der Waals surface area contributed by atoms with Gasteiger partial charge in [0.2, 0.25) is 0 Å². The molecule has 4 heteroatoms. The molecule has 0 saturated heterocycles. The zero-order valence-corrected chi connectivity index (χ0v) is 9.45. The lowest BCUT2D eigenvalue weighted by Crippen LogP contribution is -2.17. The molecule has 1 atom stereocenters. The van der Waals surface area contributed by atoms with E-state index in [1.165, 1.54) is 0 Å². The van der Waals surface area contributed by atoms with Gasteiger partial charge in [0, 0.05) is 10.0 Å². The third kappa shape index (κ3) is 1.56. The number of nitrogens with one attached hydrogen (secondary N) is 1. The molecule has 1 aliphatic rings. The lowest BCUT2D eigenvalue weighted by Gasteiger charge is -2.06. The van der Waals surface area contributed by atoms with Gasteiger partial charge in [-0.1, -0.05) is 11.6 Å². The summed E-state index contributed by atoms with van der Waals surface area (Å²) in [5.41, 5.74) is 1.13. The highest BCUT2D eigenvalue weighted by molar-refractivity contribution is 9.10. The van der Waals surface area contributed by atoms with Crippen LogP contribution in [-0.4, -0.2) is 13.7 Å². The third-order valence-corrected chi connectivity index (χ3v) is 3.38. The second kappa shape index (κ2) is 3.48. The molecular formula is C9H9BrClNO. The summed E-state index contributed by atoms with van der Waals surface area (Å²) < 4.78 is 6.37. The minimum atomic E-state index is 0.264. The first-order valence-corrected chi connectivity index (χ1v) is 5.18. The zero-order chi connectivity index (χ0) is 9.42. The Bertz CT molecular complexity index is 343. The Balaban J connectivity index is 2.47. The molecule has 2 rings (SSSR count). The smallest absolute Gasteiger partial charge is 0.125 e. The molecule has 1 aliphatic heterocycles. The van der Waals surface area contributed by atoms with Gasteiger partial charge in [-0.25, -0.2) is 0 Å². The summed E-state index contributed by atoms with van der Waals surface area (Å²) in [4.78, 5) is 0. The molecule has 0 bridgehead atoms.